The Morgan fingerprint density at radius 1 is 1.12 bits per heavy atom. The number of carbonyl (C=O) groups excluding carboxylic acids is 1. The van der Waals surface area contributed by atoms with Crippen molar-refractivity contribution >= 4 is 5.91 Å². The van der Waals surface area contributed by atoms with Gasteiger partial charge in [-0.05, 0) is 36.5 Å². The number of nitrogens with zero attached hydrogens (tertiary/aromatic N) is 2. The van der Waals surface area contributed by atoms with Gasteiger partial charge in [0.05, 0.1) is 0 Å². The summed E-state index contributed by atoms with van der Waals surface area (Å²) in [6.07, 6.45) is 6.59. The molecule has 1 aromatic heterocycles. The molecule has 2 unspecified atom stereocenters. The van der Waals surface area contributed by atoms with E-state index in [0.717, 1.165) is 24.8 Å². The number of benzene rings is 1. The van der Waals surface area contributed by atoms with E-state index in [1.165, 1.54) is 5.56 Å². The second kappa shape index (κ2) is 6.71. The van der Waals surface area contributed by atoms with E-state index in [1.54, 1.807) is 6.20 Å². The molecule has 1 aliphatic carbocycles. The van der Waals surface area contributed by atoms with Crippen molar-refractivity contribution < 1.29 is 4.79 Å². The van der Waals surface area contributed by atoms with Crippen LogP contribution >= 0.6 is 0 Å². The van der Waals surface area contributed by atoms with Crippen molar-refractivity contribution in [1.82, 2.24) is 20.7 Å². The highest BCUT2D eigenvalue weighted by Gasteiger charge is 2.38. The third-order valence-electron chi connectivity index (χ3n) is 4.75. The number of pyridine rings is 1. The average molecular weight is 322 g/mol. The first-order valence-corrected chi connectivity index (χ1v) is 8.56. The normalized spacial score (nSPS) is 23.2. The second-order valence-electron chi connectivity index (χ2n) is 6.60. The number of carbonyl (C=O) groups is 1. The molecule has 1 aliphatic heterocycles. The first-order valence-electron chi connectivity index (χ1n) is 8.56. The standard InChI is InChI=1S/C19H22N4O/c24-19(18-11-17(21-22-18)15-6-2-1-3-7-15)23(16-8-9-16)13-14-5-4-10-20-12-14/h1-7,10,12,16-18,21-22H,8-9,11,13H2. The Bertz CT molecular complexity index is 687. The summed E-state index contributed by atoms with van der Waals surface area (Å²) in [5.41, 5.74) is 8.77. The number of amides is 1. The summed E-state index contributed by atoms with van der Waals surface area (Å²) in [5, 5.41) is 0. The molecule has 5 nitrogen and oxygen atoms in total. The summed E-state index contributed by atoms with van der Waals surface area (Å²) in [6.45, 7) is 0.644. The number of hydrogen-bond donors (Lipinski definition) is 2. The van der Waals surface area contributed by atoms with Crippen molar-refractivity contribution in [1.29, 1.82) is 0 Å². The predicted octanol–water partition coefficient (Wildman–Crippen LogP) is 2.18. The fourth-order valence-electron chi connectivity index (χ4n) is 3.28. The third kappa shape index (κ3) is 3.32. The minimum absolute atomic E-state index is 0.174. The zero-order valence-electron chi connectivity index (χ0n) is 13.6. The highest BCUT2D eigenvalue weighted by molar-refractivity contribution is 5.82. The third-order valence-corrected chi connectivity index (χ3v) is 4.75. The highest BCUT2D eigenvalue weighted by atomic mass is 16.2. The summed E-state index contributed by atoms with van der Waals surface area (Å²) in [5.74, 6) is 0.187. The maximum atomic E-state index is 13.0. The zero-order chi connectivity index (χ0) is 16.4. The molecule has 124 valence electrons. The predicted molar refractivity (Wildman–Crippen MR) is 91.7 cm³/mol. The van der Waals surface area contributed by atoms with Crippen molar-refractivity contribution in [2.45, 2.75) is 43.9 Å². The molecule has 1 amide bonds. The van der Waals surface area contributed by atoms with Crippen molar-refractivity contribution in [3.8, 4) is 0 Å². The molecule has 0 bridgehead atoms. The van der Waals surface area contributed by atoms with Crippen LogP contribution in [0.2, 0.25) is 0 Å². The molecule has 2 fully saturated rings. The maximum Gasteiger partial charge on any atom is 0.241 e. The largest absolute Gasteiger partial charge is 0.334 e. The zero-order valence-corrected chi connectivity index (χ0v) is 13.6. The number of hydrogen-bond acceptors (Lipinski definition) is 4. The number of rotatable bonds is 5. The van der Waals surface area contributed by atoms with Crippen LogP contribution in [-0.2, 0) is 11.3 Å². The van der Waals surface area contributed by atoms with Crippen LogP contribution in [0.5, 0.6) is 0 Å². The molecule has 0 spiro atoms. The van der Waals surface area contributed by atoms with Gasteiger partial charge in [0.25, 0.3) is 0 Å². The molecule has 2 aliphatic rings. The van der Waals surface area contributed by atoms with E-state index in [0.29, 0.717) is 12.6 Å². The molecule has 2 N–H and O–H groups in total. The van der Waals surface area contributed by atoms with Crippen molar-refractivity contribution in [2.75, 3.05) is 0 Å². The number of nitrogens with one attached hydrogen (secondary N) is 2. The van der Waals surface area contributed by atoms with Crippen molar-refractivity contribution in [3.63, 3.8) is 0 Å². The van der Waals surface area contributed by atoms with Crippen LogP contribution in [0.4, 0.5) is 0 Å². The van der Waals surface area contributed by atoms with E-state index >= 15 is 0 Å². The van der Waals surface area contributed by atoms with Gasteiger partial charge in [0.15, 0.2) is 0 Å². The van der Waals surface area contributed by atoms with Crippen LogP contribution in [0.3, 0.4) is 0 Å². The SMILES string of the molecule is O=C(C1CC(c2ccccc2)NN1)N(Cc1cccnc1)C1CC1. The molecule has 1 saturated heterocycles. The van der Waals surface area contributed by atoms with Gasteiger partial charge in [0, 0.05) is 31.0 Å². The fraction of sp³-hybridized carbons (Fsp3) is 0.368. The lowest BCUT2D eigenvalue weighted by Gasteiger charge is -2.25. The van der Waals surface area contributed by atoms with Gasteiger partial charge in [-0.1, -0.05) is 36.4 Å². The molecular formula is C19H22N4O. The van der Waals surface area contributed by atoms with Crippen molar-refractivity contribution in [2.24, 2.45) is 0 Å². The van der Waals surface area contributed by atoms with Crippen LogP contribution in [0.25, 0.3) is 0 Å². The first-order chi connectivity index (χ1) is 11.8. The van der Waals surface area contributed by atoms with Crippen LogP contribution in [0, 0.1) is 0 Å². The second-order valence-corrected chi connectivity index (χ2v) is 6.60. The van der Waals surface area contributed by atoms with Gasteiger partial charge >= 0.3 is 0 Å². The Hall–Kier alpha value is -2.24. The monoisotopic (exact) mass is 322 g/mol. The molecule has 1 saturated carbocycles. The van der Waals surface area contributed by atoms with Gasteiger partial charge in [-0.25, -0.2) is 10.9 Å². The topological polar surface area (TPSA) is 57.3 Å². The molecule has 24 heavy (non-hydrogen) atoms. The lowest BCUT2D eigenvalue weighted by atomic mass is 10.0. The Balaban J connectivity index is 1.44. The summed E-state index contributed by atoms with van der Waals surface area (Å²) >= 11 is 0. The molecule has 2 atom stereocenters. The molecule has 2 heterocycles. The number of aromatic nitrogens is 1. The van der Waals surface area contributed by atoms with E-state index in [9.17, 15) is 4.79 Å². The smallest absolute Gasteiger partial charge is 0.241 e. The summed E-state index contributed by atoms with van der Waals surface area (Å²) in [6, 6.07) is 14.6. The average Bonchev–Trinajstić information content (AvgIpc) is 3.36. The van der Waals surface area contributed by atoms with E-state index in [1.807, 2.05) is 41.4 Å². The molecule has 0 radical (unpaired) electrons. The van der Waals surface area contributed by atoms with Gasteiger partial charge in [0.1, 0.15) is 6.04 Å². The van der Waals surface area contributed by atoms with Crippen molar-refractivity contribution in [3.05, 3.63) is 66.0 Å². The maximum absolute atomic E-state index is 13.0. The van der Waals surface area contributed by atoms with Gasteiger partial charge in [-0.3, -0.25) is 9.78 Å². The molecule has 4 rings (SSSR count). The van der Waals surface area contributed by atoms with Crippen LogP contribution in [-0.4, -0.2) is 27.9 Å². The quantitative estimate of drug-likeness (QED) is 0.886. The van der Waals surface area contributed by atoms with E-state index in [2.05, 4.69) is 28.0 Å². The molecule has 5 heteroatoms. The Morgan fingerprint density at radius 3 is 2.67 bits per heavy atom. The molecular weight excluding hydrogens is 300 g/mol. The van der Waals surface area contributed by atoms with Gasteiger partial charge in [-0.15, -0.1) is 0 Å². The summed E-state index contributed by atoms with van der Waals surface area (Å²) in [4.78, 5) is 19.2. The van der Waals surface area contributed by atoms with Crippen LogP contribution in [0.15, 0.2) is 54.9 Å². The first kappa shape index (κ1) is 15.3. The van der Waals surface area contributed by atoms with Gasteiger partial charge < -0.3 is 4.90 Å². The van der Waals surface area contributed by atoms with E-state index in [-0.39, 0.29) is 18.0 Å². The lowest BCUT2D eigenvalue weighted by Crippen LogP contribution is -2.46. The highest BCUT2D eigenvalue weighted by Crippen LogP contribution is 2.31. The van der Waals surface area contributed by atoms with Crippen LogP contribution in [0.1, 0.15) is 36.4 Å². The number of hydrazine groups is 1. The summed E-state index contributed by atoms with van der Waals surface area (Å²) < 4.78 is 0. The Kier molecular flexibility index (Phi) is 4.28. The van der Waals surface area contributed by atoms with E-state index < -0.39 is 0 Å². The summed E-state index contributed by atoms with van der Waals surface area (Å²) in [7, 11) is 0. The minimum atomic E-state index is -0.174. The fourth-order valence-corrected chi connectivity index (χ4v) is 3.28. The van der Waals surface area contributed by atoms with Crippen LogP contribution < -0.4 is 10.9 Å². The van der Waals surface area contributed by atoms with Gasteiger partial charge in [0.2, 0.25) is 5.91 Å². The molecule has 2 aromatic rings. The Morgan fingerprint density at radius 2 is 1.96 bits per heavy atom. The lowest BCUT2D eigenvalue weighted by molar-refractivity contribution is -0.134. The molecule has 1 aromatic carbocycles. The van der Waals surface area contributed by atoms with E-state index in [4.69, 9.17) is 0 Å². The minimum Gasteiger partial charge on any atom is -0.334 e. The Labute approximate surface area is 142 Å². The van der Waals surface area contributed by atoms with Gasteiger partial charge in [-0.2, -0.15) is 0 Å².